The van der Waals surface area contributed by atoms with E-state index >= 15 is 0 Å². The Balaban J connectivity index is 1.78. The molecule has 156 valence electrons. The van der Waals surface area contributed by atoms with Gasteiger partial charge >= 0.3 is 0 Å². The van der Waals surface area contributed by atoms with Gasteiger partial charge in [0.2, 0.25) is 0 Å². The standard InChI is InChI=1S/C24H30FNO3/c1-28-18-10-11-22(29-2)19(15-18)23-20-8-5-6-12-24(20,27)13-14-26(23)16-17-7-3-4-9-21(17)25/h3-4,7,9-11,15,20,23,27H,5-6,8,12-14,16H2,1-2H3/t20-,23-,24+/m1/s1. The zero-order valence-electron chi connectivity index (χ0n) is 17.2. The minimum absolute atomic E-state index is 0.0568. The molecule has 2 aromatic rings. The van der Waals surface area contributed by atoms with Crippen LogP contribution in [-0.4, -0.2) is 36.4 Å². The zero-order chi connectivity index (χ0) is 20.4. The molecule has 5 heteroatoms. The molecule has 0 unspecified atom stereocenters. The van der Waals surface area contributed by atoms with Gasteiger partial charge in [-0.05, 0) is 43.5 Å². The van der Waals surface area contributed by atoms with Crippen LogP contribution in [0.2, 0.25) is 0 Å². The van der Waals surface area contributed by atoms with E-state index < -0.39 is 5.60 Å². The van der Waals surface area contributed by atoms with E-state index in [-0.39, 0.29) is 17.8 Å². The molecule has 2 aromatic carbocycles. The quantitative estimate of drug-likeness (QED) is 0.791. The summed E-state index contributed by atoms with van der Waals surface area (Å²) in [4.78, 5) is 2.31. The van der Waals surface area contributed by atoms with Crippen LogP contribution >= 0.6 is 0 Å². The van der Waals surface area contributed by atoms with Crippen molar-refractivity contribution in [1.29, 1.82) is 0 Å². The van der Waals surface area contributed by atoms with E-state index in [1.54, 1.807) is 20.3 Å². The molecule has 1 N–H and O–H groups in total. The summed E-state index contributed by atoms with van der Waals surface area (Å²) in [6.45, 7) is 1.22. The third-order valence-corrected chi connectivity index (χ3v) is 6.76. The molecule has 4 nitrogen and oxygen atoms in total. The van der Waals surface area contributed by atoms with Gasteiger partial charge in [-0.1, -0.05) is 31.0 Å². The van der Waals surface area contributed by atoms with E-state index in [0.29, 0.717) is 18.7 Å². The molecule has 0 amide bonds. The number of ether oxygens (including phenoxy) is 2. The number of hydrogen-bond donors (Lipinski definition) is 1. The first kappa shape index (κ1) is 20.2. The van der Waals surface area contributed by atoms with E-state index in [1.807, 2.05) is 30.3 Å². The lowest BCUT2D eigenvalue weighted by Gasteiger charge is -2.53. The SMILES string of the molecule is COc1ccc(OC)c([C@@H]2[C@H]3CCCC[C@]3(O)CCN2Cc2ccccc2F)c1. The van der Waals surface area contributed by atoms with Crippen molar-refractivity contribution in [3.8, 4) is 11.5 Å². The molecule has 1 aliphatic heterocycles. The smallest absolute Gasteiger partial charge is 0.127 e. The second kappa shape index (κ2) is 8.33. The summed E-state index contributed by atoms with van der Waals surface area (Å²) in [5, 5.41) is 11.5. The third-order valence-electron chi connectivity index (χ3n) is 6.76. The lowest BCUT2D eigenvalue weighted by Crippen LogP contribution is -2.54. The van der Waals surface area contributed by atoms with Crippen molar-refractivity contribution in [1.82, 2.24) is 4.90 Å². The van der Waals surface area contributed by atoms with E-state index in [2.05, 4.69) is 4.90 Å². The molecule has 3 atom stereocenters. The Morgan fingerprint density at radius 1 is 1.10 bits per heavy atom. The first-order chi connectivity index (χ1) is 14.1. The molecule has 1 saturated carbocycles. The van der Waals surface area contributed by atoms with Gasteiger partial charge in [0.05, 0.1) is 19.8 Å². The Hall–Kier alpha value is -2.11. The molecule has 2 fully saturated rings. The lowest BCUT2D eigenvalue weighted by atomic mass is 9.66. The minimum Gasteiger partial charge on any atom is -0.497 e. The van der Waals surface area contributed by atoms with Gasteiger partial charge in [-0.2, -0.15) is 0 Å². The van der Waals surface area contributed by atoms with Crippen LogP contribution in [0.4, 0.5) is 4.39 Å². The number of halogens is 1. The average Bonchev–Trinajstić information content (AvgIpc) is 2.74. The number of methoxy groups -OCH3 is 2. The summed E-state index contributed by atoms with van der Waals surface area (Å²) >= 11 is 0. The maximum atomic E-state index is 14.4. The van der Waals surface area contributed by atoms with Crippen LogP contribution in [-0.2, 0) is 6.54 Å². The highest BCUT2D eigenvalue weighted by atomic mass is 19.1. The topological polar surface area (TPSA) is 41.9 Å². The number of benzene rings is 2. The molecule has 29 heavy (non-hydrogen) atoms. The summed E-state index contributed by atoms with van der Waals surface area (Å²) in [6, 6.07) is 12.7. The van der Waals surface area contributed by atoms with Crippen molar-refractivity contribution in [2.24, 2.45) is 5.92 Å². The number of fused-ring (bicyclic) bond motifs is 1. The molecule has 0 bridgehead atoms. The number of rotatable bonds is 5. The number of hydrogen-bond acceptors (Lipinski definition) is 4. The van der Waals surface area contributed by atoms with Crippen molar-refractivity contribution >= 4 is 0 Å². The molecule has 0 spiro atoms. The van der Waals surface area contributed by atoms with Gasteiger partial charge in [0.25, 0.3) is 0 Å². The van der Waals surface area contributed by atoms with Crippen LogP contribution in [0.15, 0.2) is 42.5 Å². The number of nitrogens with zero attached hydrogens (tertiary/aromatic N) is 1. The van der Waals surface area contributed by atoms with E-state index in [4.69, 9.17) is 9.47 Å². The fraction of sp³-hybridized carbons (Fsp3) is 0.500. The van der Waals surface area contributed by atoms with Gasteiger partial charge < -0.3 is 14.6 Å². The van der Waals surface area contributed by atoms with Crippen LogP contribution in [0.5, 0.6) is 11.5 Å². The van der Waals surface area contributed by atoms with Crippen LogP contribution in [0.1, 0.15) is 49.3 Å². The van der Waals surface area contributed by atoms with Crippen molar-refractivity contribution in [3.63, 3.8) is 0 Å². The Morgan fingerprint density at radius 3 is 2.69 bits per heavy atom. The Labute approximate surface area is 172 Å². The summed E-state index contributed by atoms with van der Waals surface area (Å²) < 4.78 is 25.6. The summed E-state index contributed by atoms with van der Waals surface area (Å²) in [5.74, 6) is 1.44. The van der Waals surface area contributed by atoms with Crippen LogP contribution in [0.25, 0.3) is 0 Å². The van der Waals surface area contributed by atoms with Crippen LogP contribution in [0, 0.1) is 11.7 Å². The molecule has 0 radical (unpaired) electrons. The number of likely N-dealkylation sites (tertiary alicyclic amines) is 1. The molecular weight excluding hydrogens is 369 g/mol. The van der Waals surface area contributed by atoms with E-state index in [0.717, 1.165) is 49.2 Å². The maximum Gasteiger partial charge on any atom is 0.127 e. The van der Waals surface area contributed by atoms with Gasteiger partial charge in [0, 0.05) is 36.2 Å². The van der Waals surface area contributed by atoms with E-state index in [1.165, 1.54) is 6.07 Å². The monoisotopic (exact) mass is 399 g/mol. The molecule has 1 saturated heterocycles. The molecule has 0 aromatic heterocycles. The van der Waals surface area contributed by atoms with Gasteiger partial charge in [-0.15, -0.1) is 0 Å². The summed E-state index contributed by atoms with van der Waals surface area (Å²) in [7, 11) is 3.32. The number of aliphatic hydroxyl groups is 1. The van der Waals surface area contributed by atoms with Crippen LogP contribution in [0.3, 0.4) is 0 Å². The average molecular weight is 400 g/mol. The summed E-state index contributed by atoms with van der Waals surface area (Å²) in [5.41, 5.74) is 1.01. The molecular formula is C24H30FNO3. The predicted octanol–water partition coefficient (Wildman–Crippen LogP) is 4.71. The highest BCUT2D eigenvalue weighted by Crippen LogP contribution is 2.51. The zero-order valence-corrected chi connectivity index (χ0v) is 17.2. The first-order valence-electron chi connectivity index (χ1n) is 10.5. The van der Waals surface area contributed by atoms with Gasteiger partial charge in [0.15, 0.2) is 0 Å². The predicted molar refractivity (Wildman–Crippen MR) is 111 cm³/mol. The van der Waals surface area contributed by atoms with Crippen LogP contribution < -0.4 is 9.47 Å². The second-order valence-corrected chi connectivity index (χ2v) is 8.32. The van der Waals surface area contributed by atoms with Crippen molar-refractivity contribution in [3.05, 3.63) is 59.4 Å². The maximum absolute atomic E-state index is 14.4. The first-order valence-corrected chi connectivity index (χ1v) is 10.5. The van der Waals surface area contributed by atoms with Crippen molar-refractivity contribution in [2.75, 3.05) is 20.8 Å². The fourth-order valence-corrected chi connectivity index (χ4v) is 5.25. The Morgan fingerprint density at radius 2 is 1.93 bits per heavy atom. The summed E-state index contributed by atoms with van der Waals surface area (Å²) in [6.07, 6.45) is 4.66. The normalized spacial score (nSPS) is 27.3. The van der Waals surface area contributed by atoms with Gasteiger partial charge in [-0.25, -0.2) is 4.39 Å². The minimum atomic E-state index is -0.678. The highest BCUT2D eigenvalue weighted by molar-refractivity contribution is 5.43. The third kappa shape index (κ3) is 3.86. The second-order valence-electron chi connectivity index (χ2n) is 8.32. The van der Waals surface area contributed by atoms with E-state index in [9.17, 15) is 9.50 Å². The van der Waals surface area contributed by atoms with Gasteiger partial charge in [-0.3, -0.25) is 4.90 Å². The largest absolute Gasteiger partial charge is 0.497 e. The number of piperidine rings is 1. The molecule has 1 heterocycles. The van der Waals surface area contributed by atoms with Crippen molar-refractivity contribution < 1.29 is 19.0 Å². The van der Waals surface area contributed by atoms with Crippen molar-refractivity contribution in [2.45, 2.75) is 50.3 Å². The molecule has 4 rings (SSSR count). The highest BCUT2D eigenvalue weighted by Gasteiger charge is 2.49. The fourth-order valence-electron chi connectivity index (χ4n) is 5.25. The molecule has 1 aliphatic carbocycles. The van der Waals surface area contributed by atoms with Gasteiger partial charge in [0.1, 0.15) is 17.3 Å². The molecule has 2 aliphatic rings. The lowest BCUT2D eigenvalue weighted by molar-refractivity contribution is -0.126. The Kier molecular flexibility index (Phi) is 5.79. The Bertz CT molecular complexity index is 858.